The van der Waals surface area contributed by atoms with E-state index in [1.165, 1.54) is 12.4 Å². The van der Waals surface area contributed by atoms with E-state index >= 15 is 0 Å². The van der Waals surface area contributed by atoms with E-state index in [4.69, 9.17) is 29.1 Å². The molecular weight excluding hydrogens is 377 g/mol. The third-order valence-electron chi connectivity index (χ3n) is 3.04. The monoisotopic (exact) mass is 389 g/mol. The number of nitrogens with two attached hydrogens (primary N) is 1. The standard InChI is InChI=1S/C15H13Cl2N3O3.ClH/c16-11-7-19-8-12(17)14(11)15(22)20-10-4-1-9(2-5-10)3-6-13(21)23-18;/h1-2,4-5,7-8H,3,6,18H2,(H,20,22);1H. The first-order chi connectivity index (χ1) is 11.0. The van der Waals surface area contributed by atoms with Crippen LogP contribution in [0.1, 0.15) is 22.3 Å². The Morgan fingerprint density at radius 1 is 1.12 bits per heavy atom. The number of nitrogens with one attached hydrogen (secondary N) is 1. The normalized spacial score (nSPS) is 9.79. The van der Waals surface area contributed by atoms with Crippen LogP contribution in [0.2, 0.25) is 10.0 Å². The number of anilines is 1. The second kappa shape index (κ2) is 9.44. The number of aryl methyl sites for hydroxylation is 1. The highest BCUT2D eigenvalue weighted by atomic mass is 35.5. The lowest BCUT2D eigenvalue weighted by atomic mass is 10.1. The van der Waals surface area contributed by atoms with Crippen molar-refractivity contribution in [1.29, 1.82) is 0 Å². The molecule has 2 rings (SSSR count). The van der Waals surface area contributed by atoms with Crippen LogP contribution in [-0.4, -0.2) is 16.9 Å². The van der Waals surface area contributed by atoms with Crippen LogP contribution < -0.4 is 11.2 Å². The summed E-state index contributed by atoms with van der Waals surface area (Å²) in [5, 5.41) is 3.04. The van der Waals surface area contributed by atoms with Crippen molar-refractivity contribution >= 4 is 53.2 Å². The van der Waals surface area contributed by atoms with Gasteiger partial charge in [-0.3, -0.25) is 14.6 Å². The lowest BCUT2D eigenvalue weighted by molar-refractivity contribution is -0.144. The van der Waals surface area contributed by atoms with Crippen LogP contribution in [0.5, 0.6) is 0 Å². The number of rotatable bonds is 5. The number of halogens is 3. The summed E-state index contributed by atoms with van der Waals surface area (Å²) >= 11 is 11.9. The van der Waals surface area contributed by atoms with Crippen molar-refractivity contribution in [2.24, 2.45) is 5.90 Å². The molecule has 1 aromatic carbocycles. The predicted octanol–water partition coefficient (Wildman–Crippen LogP) is 3.41. The second-order valence-corrected chi connectivity index (χ2v) is 5.43. The topological polar surface area (TPSA) is 94.3 Å². The Balaban J connectivity index is 0.00000288. The number of amides is 1. The van der Waals surface area contributed by atoms with Gasteiger partial charge in [-0.2, -0.15) is 5.90 Å². The fourth-order valence-corrected chi connectivity index (χ4v) is 2.42. The van der Waals surface area contributed by atoms with Crippen LogP contribution in [0.25, 0.3) is 0 Å². The third kappa shape index (κ3) is 5.35. The number of aromatic nitrogens is 1. The van der Waals surface area contributed by atoms with E-state index < -0.39 is 11.9 Å². The van der Waals surface area contributed by atoms with Crippen molar-refractivity contribution in [2.45, 2.75) is 12.8 Å². The first kappa shape index (κ1) is 20.2. The molecule has 0 radical (unpaired) electrons. The molecule has 0 spiro atoms. The largest absolute Gasteiger partial charge is 0.373 e. The van der Waals surface area contributed by atoms with Crippen LogP contribution >= 0.6 is 35.6 Å². The number of nitrogens with zero attached hydrogens (tertiary/aromatic N) is 1. The Kier molecular flexibility index (Phi) is 7.94. The lowest BCUT2D eigenvalue weighted by Crippen LogP contribution is -2.13. The minimum absolute atomic E-state index is 0. The Morgan fingerprint density at radius 2 is 1.71 bits per heavy atom. The fraction of sp³-hybridized carbons (Fsp3) is 0.133. The van der Waals surface area contributed by atoms with Crippen molar-refractivity contribution in [1.82, 2.24) is 4.98 Å². The van der Waals surface area contributed by atoms with Gasteiger partial charge in [0.1, 0.15) is 0 Å². The Bertz CT molecular complexity index is 703. The molecule has 1 amide bonds. The van der Waals surface area contributed by atoms with Gasteiger partial charge in [-0.25, -0.2) is 0 Å². The van der Waals surface area contributed by atoms with Crippen LogP contribution in [0.4, 0.5) is 5.69 Å². The van der Waals surface area contributed by atoms with Crippen LogP contribution in [0, 0.1) is 0 Å². The highest BCUT2D eigenvalue weighted by Gasteiger charge is 2.15. The molecule has 0 saturated heterocycles. The van der Waals surface area contributed by atoms with Gasteiger partial charge in [-0.15, -0.1) is 12.4 Å². The van der Waals surface area contributed by atoms with E-state index in [1.54, 1.807) is 24.3 Å². The zero-order chi connectivity index (χ0) is 16.8. The average molecular weight is 391 g/mol. The van der Waals surface area contributed by atoms with Gasteiger partial charge < -0.3 is 10.2 Å². The second-order valence-electron chi connectivity index (χ2n) is 4.62. The molecular formula is C15H14Cl3N3O3. The Labute approximate surface area is 154 Å². The van der Waals surface area contributed by atoms with E-state index in [2.05, 4.69) is 15.1 Å². The molecule has 6 nitrogen and oxygen atoms in total. The molecule has 0 aliphatic carbocycles. The molecule has 1 heterocycles. The van der Waals surface area contributed by atoms with Gasteiger partial charge in [-0.1, -0.05) is 35.3 Å². The minimum Gasteiger partial charge on any atom is -0.373 e. The molecule has 2 aromatic rings. The maximum Gasteiger partial charge on any atom is 0.324 e. The first-order valence-electron chi connectivity index (χ1n) is 6.60. The summed E-state index contributed by atoms with van der Waals surface area (Å²) in [4.78, 5) is 31.1. The molecule has 3 N–H and O–H groups in total. The van der Waals surface area contributed by atoms with E-state index in [9.17, 15) is 9.59 Å². The highest BCUT2D eigenvalue weighted by Crippen LogP contribution is 2.24. The first-order valence-corrected chi connectivity index (χ1v) is 7.35. The van der Waals surface area contributed by atoms with Crippen molar-refractivity contribution < 1.29 is 14.4 Å². The average Bonchev–Trinajstić information content (AvgIpc) is 2.53. The summed E-state index contributed by atoms with van der Waals surface area (Å²) in [6.45, 7) is 0. The molecule has 0 atom stereocenters. The number of benzene rings is 1. The molecule has 9 heteroatoms. The molecule has 1 aromatic heterocycles. The number of carbonyl (C=O) groups is 2. The minimum atomic E-state index is -0.482. The van der Waals surface area contributed by atoms with Gasteiger partial charge in [0.05, 0.1) is 22.0 Å². The summed E-state index contributed by atoms with van der Waals surface area (Å²) in [6, 6.07) is 7.00. The molecule has 128 valence electrons. The zero-order valence-corrected chi connectivity index (χ0v) is 14.6. The third-order valence-corrected chi connectivity index (χ3v) is 3.61. The predicted molar refractivity (Wildman–Crippen MR) is 94.5 cm³/mol. The van der Waals surface area contributed by atoms with Crippen molar-refractivity contribution in [3.63, 3.8) is 0 Å². The maximum atomic E-state index is 12.2. The lowest BCUT2D eigenvalue weighted by Gasteiger charge is -2.08. The molecule has 0 bridgehead atoms. The summed E-state index contributed by atoms with van der Waals surface area (Å²) in [5.74, 6) is 3.86. The van der Waals surface area contributed by atoms with Gasteiger partial charge >= 0.3 is 5.97 Å². The summed E-state index contributed by atoms with van der Waals surface area (Å²) < 4.78 is 0. The van der Waals surface area contributed by atoms with Gasteiger partial charge in [-0.05, 0) is 24.1 Å². The number of carbonyl (C=O) groups excluding carboxylic acids is 2. The maximum absolute atomic E-state index is 12.2. The van der Waals surface area contributed by atoms with Crippen molar-refractivity contribution in [2.75, 3.05) is 5.32 Å². The summed E-state index contributed by atoms with van der Waals surface area (Å²) in [7, 11) is 0. The van der Waals surface area contributed by atoms with E-state index in [-0.39, 0.29) is 34.4 Å². The number of hydrogen-bond acceptors (Lipinski definition) is 5. The SMILES string of the molecule is Cl.NOC(=O)CCc1ccc(NC(=O)c2c(Cl)cncc2Cl)cc1. The van der Waals surface area contributed by atoms with Crippen LogP contribution in [-0.2, 0) is 16.1 Å². The van der Waals surface area contributed by atoms with E-state index in [0.717, 1.165) is 5.56 Å². The highest BCUT2D eigenvalue weighted by molar-refractivity contribution is 6.40. The summed E-state index contributed by atoms with van der Waals surface area (Å²) in [6.07, 6.45) is 3.38. The molecule has 0 aliphatic rings. The van der Waals surface area contributed by atoms with Gasteiger partial charge in [0.25, 0.3) is 5.91 Å². The molecule has 0 saturated carbocycles. The molecule has 0 fully saturated rings. The van der Waals surface area contributed by atoms with Crippen molar-refractivity contribution in [3.8, 4) is 0 Å². The van der Waals surface area contributed by atoms with Crippen molar-refractivity contribution in [3.05, 3.63) is 57.8 Å². The number of hydrogen-bond donors (Lipinski definition) is 2. The quantitative estimate of drug-likeness (QED) is 0.763. The smallest absolute Gasteiger partial charge is 0.324 e. The van der Waals surface area contributed by atoms with Gasteiger partial charge in [0.2, 0.25) is 0 Å². The van der Waals surface area contributed by atoms with E-state index in [1.807, 2.05) is 0 Å². The van der Waals surface area contributed by atoms with Crippen LogP contribution in [0.15, 0.2) is 36.7 Å². The van der Waals surface area contributed by atoms with Gasteiger partial charge in [0, 0.05) is 18.1 Å². The molecule has 0 unspecified atom stereocenters. The summed E-state index contributed by atoms with van der Waals surface area (Å²) in [5.41, 5.74) is 1.65. The fourth-order valence-electron chi connectivity index (χ4n) is 1.88. The van der Waals surface area contributed by atoms with E-state index in [0.29, 0.717) is 12.1 Å². The Morgan fingerprint density at radius 3 is 2.25 bits per heavy atom. The molecule has 0 aliphatic heterocycles. The zero-order valence-electron chi connectivity index (χ0n) is 12.3. The van der Waals surface area contributed by atoms with Crippen LogP contribution in [0.3, 0.4) is 0 Å². The number of pyridine rings is 1. The van der Waals surface area contributed by atoms with Gasteiger partial charge in [0.15, 0.2) is 0 Å². The molecule has 24 heavy (non-hydrogen) atoms. The Hall–Kier alpha value is -1.86.